The molecule has 0 fully saturated rings. The largest absolute Gasteiger partial charge is 0.462 e. The van der Waals surface area contributed by atoms with Crippen LogP contribution < -0.4 is 10.6 Å². The highest BCUT2D eigenvalue weighted by Crippen LogP contribution is 2.15. The van der Waals surface area contributed by atoms with Gasteiger partial charge in [-0.2, -0.15) is 11.8 Å². The normalized spacial score (nSPS) is 10.2. The van der Waals surface area contributed by atoms with Crippen LogP contribution in [0.3, 0.4) is 0 Å². The maximum absolute atomic E-state index is 13.5. The van der Waals surface area contributed by atoms with Gasteiger partial charge >= 0.3 is 5.97 Å². The minimum atomic E-state index is -0.362. The number of benzene rings is 2. The average molecular weight is 393 g/mol. The summed E-state index contributed by atoms with van der Waals surface area (Å²) in [6.45, 7) is 2.76. The molecule has 0 amide bonds. The molecule has 138 valence electrons. The summed E-state index contributed by atoms with van der Waals surface area (Å²) in [6.07, 6.45) is 0. The second-order valence-corrected chi connectivity index (χ2v) is 6.84. The number of nitrogens with one attached hydrogen (secondary N) is 2. The van der Waals surface area contributed by atoms with Gasteiger partial charge in [-0.25, -0.2) is 9.18 Å². The quantitative estimate of drug-likeness (QED) is 0.398. The summed E-state index contributed by atoms with van der Waals surface area (Å²) >= 11 is 6.88. The summed E-state index contributed by atoms with van der Waals surface area (Å²) in [5, 5.41) is 6.61. The third-order valence-electron chi connectivity index (χ3n) is 3.38. The predicted molar refractivity (Wildman–Crippen MR) is 109 cm³/mol. The Labute approximate surface area is 162 Å². The van der Waals surface area contributed by atoms with E-state index in [9.17, 15) is 9.18 Å². The van der Waals surface area contributed by atoms with E-state index in [1.54, 1.807) is 49.0 Å². The molecule has 0 aromatic heterocycles. The van der Waals surface area contributed by atoms with Gasteiger partial charge in [0.05, 0.1) is 12.2 Å². The predicted octanol–water partition coefficient (Wildman–Crippen LogP) is 4.22. The van der Waals surface area contributed by atoms with Gasteiger partial charge in [-0.05, 0) is 49.0 Å². The SMILES string of the molecule is CCOC(=O)c1cccc(NC(=S)NCCSCc2ccccc2F)c1. The van der Waals surface area contributed by atoms with E-state index >= 15 is 0 Å². The number of halogens is 1. The zero-order chi connectivity index (χ0) is 18.8. The number of esters is 1. The molecular formula is C19H21FN2O2S2. The van der Waals surface area contributed by atoms with Crippen LogP contribution in [-0.2, 0) is 10.5 Å². The van der Waals surface area contributed by atoms with Crippen molar-refractivity contribution in [3.05, 3.63) is 65.5 Å². The van der Waals surface area contributed by atoms with E-state index in [1.807, 2.05) is 12.1 Å². The van der Waals surface area contributed by atoms with Crippen LogP contribution in [0.1, 0.15) is 22.8 Å². The number of thioether (sulfide) groups is 1. The molecule has 26 heavy (non-hydrogen) atoms. The molecule has 2 aromatic carbocycles. The van der Waals surface area contributed by atoms with Gasteiger partial charge in [0.1, 0.15) is 5.82 Å². The Kier molecular flexibility index (Phi) is 8.37. The fourth-order valence-electron chi connectivity index (χ4n) is 2.15. The Bertz CT molecular complexity index is 756. The number of carbonyl (C=O) groups is 1. The average Bonchev–Trinajstić information content (AvgIpc) is 2.63. The molecule has 0 aliphatic carbocycles. The Morgan fingerprint density at radius 1 is 1.23 bits per heavy atom. The van der Waals surface area contributed by atoms with Crippen LogP contribution >= 0.6 is 24.0 Å². The van der Waals surface area contributed by atoms with Gasteiger partial charge < -0.3 is 15.4 Å². The molecule has 0 aliphatic heterocycles. The Hall–Kier alpha value is -2.12. The van der Waals surface area contributed by atoms with Crippen LogP contribution in [0.15, 0.2) is 48.5 Å². The van der Waals surface area contributed by atoms with Crippen molar-refractivity contribution in [3.63, 3.8) is 0 Å². The number of thiocarbonyl (C=S) groups is 1. The highest BCUT2D eigenvalue weighted by Gasteiger charge is 2.07. The van der Waals surface area contributed by atoms with Crippen molar-refractivity contribution in [2.75, 3.05) is 24.2 Å². The number of hydrogen-bond acceptors (Lipinski definition) is 4. The highest BCUT2D eigenvalue weighted by atomic mass is 32.2. The van der Waals surface area contributed by atoms with Gasteiger partial charge in [0.15, 0.2) is 5.11 Å². The third-order valence-corrected chi connectivity index (χ3v) is 4.63. The number of carbonyl (C=O) groups excluding carboxylic acids is 1. The van der Waals surface area contributed by atoms with Crippen molar-refractivity contribution in [1.82, 2.24) is 5.32 Å². The molecule has 0 radical (unpaired) electrons. The van der Waals surface area contributed by atoms with Crippen LogP contribution in [0.2, 0.25) is 0 Å². The first kappa shape index (κ1) is 20.2. The maximum Gasteiger partial charge on any atom is 0.338 e. The molecule has 2 N–H and O–H groups in total. The molecule has 0 saturated carbocycles. The van der Waals surface area contributed by atoms with Gasteiger partial charge in [-0.3, -0.25) is 0 Å². The Balaban J connectivity index is 1.71. The van der Waals surface area contributed by atoms with Gasteiger partial charge in [-0.1, -0.05) is 24.3 Å². The lowest BCUT2D eigenvalue weighted by Crippen LogP contribution is -2.30. The molecule has 2 rings (SSSR count). The second-order valence-electron chi connectivity index (χ2n) is 5.33. The van der Waals surface area contributed by atoms with Crippen molar-refractivity contribution < 1.29 is 13.9 Å². The van der Waals surface area contributed by atoms with Crippen LogP contribution in [0.4, 0.5) is 10.1 Å². The summed E-state index contributed by atoms with van der Waals surface area (Å²) in [7, 11) is 0. The van der Waals surface area contributed by atoms with Gasteiger partial charge in [-0.15, -0.1) is 0 Å². The molecule has 2 aromatic rings. The minimum Gasteiger partial charge on any atom is -0.462 e. The van der Waals surface area contributed by atoms with Crippen LogP contribution in [0.5, 0.6) is 0 Å². The molecule has 0 atom stereocenters. The van der Waals surface area contributed by atoms with E-state index < -0.39 is 0 Å². The standard InChI is InChI=1S/C19H21FN2O2S2/c1-2-24-18(23)14-7-5-8-16(12-14)22-19(25)21-10-11-26-13-15-6-3-4-9-17(15)20/h3-9,12H,2,10-11,13H2,1H3,(H2,21,22,25). The highest BCUT2D eigenvalue weighted by molar-refractivity contribution is 7.98. The van der Waals surface area contributed by atoms with Crippen molar-refractivity contribution in [1.29, 1.82) is 0 Å². The summed E-state index contributed by atoms with van der Waals surface area (Å²) in [4.78, 5) is 11.7. The van der Waals surface area contributed by atoms with E-state index in [-0.39, 0.29) is 11.8 Å². The molecule has 0 unspecified atom stereocenters. The molecule has 4 nitrogen and oxygen atoms in total. The minimum absolute atomic E-state index is 0.174. The van der Waals surface area contributed by atoms with E-state index in [4.69, 9.17) is 17.0 Å². The molecular weight excluding hydrogens is 371 g/mol. The molecule has 0 bridgehead atoms. The van der Waals surface area contributed by atoms with Crippen molar-refractivity contribution in [2.24, 2.45) is 0 Å². The van der Waals surface area contributed by atoms with E-state index in [0.29, 0.717) is 40.8 Å². The summed E-state index contributed by atoms with van der Waals surface area (Å²) in [6, 6.07) is 13.8. The molecule has 0 heterocycles. The molecule has 0 saturated heterocycles. The fraction of sp³-hybridized carbons (Fsp3) is 0.263. The summed E-state index contributed by atoms with van der Waals surface area (Å²) in [5.41, 5.74) is 1.89. The number of rotatable bonds is 8. The van der Waals surface area contributed by atoms with Gasteiger partial charge in [0.25, 0.3) is 0 Å². The van der Waals surface area contributed by atoms with Crippen LogP contribution in [0, 0.1) is 5.82 Å². The van der Waals surface area contributed by atoms with Gasteiger partial charge in [0.2, 0.25) is 0 Å². The second kappa shape index (κ2) is 10.8. The summed E-state index contributed by atoms with van der Waals surface area (Å²) < 4.78 is 18.5. The monoisotopic (exact) mass is 392 g/mol. The maximum atomic E-state index is 13.5. The van der Waals surface area contributed by atoms with Crippen molar-refractivity contribution in [3.8, 4) is 0 Å². The first-order valence-electron chi connectivity index (χ1n) is 8.23. The Morgan fingerprint density at radius 3 is 2.81 bits per heavy atom. The first-order valence-corrected chi connectivity index (χ1v) is 9.79. The summed E-state index contributed by atoms with van der Waals surface area (Å²) in [5.74, 6) is 0.876. The van der Waals surface area contributed by atoms with Crippen LogP contribution in [0.25, 0.3) is 0 Å². The number of ether oxygens (including phenoxy) is 1. The molecule has 0 aliphatic rings. The number of hydrogen-bond donors (Lipinski definition) is 2. The van der Waals surface area contributed by atoms with Gasteiger partial charge in [0, 0.05) is 23.7 Å². The Morgan fingerprint density at radius 2 is 2.04 bits per heavy atom. The first-order chi connectivity index (χ1) is 12.6. The molecule has 7 heteroatoms. The topological polar surface area (TPSA) is 50.4 Å². The lowest BCUT2D eigenvalue weighted by Gasteiger charge is -2.11. The lowest BCUT2D eigenvalue weighted by atomic mass is 10.2. The van der Waals surface area contributed by atoms with Crippen LogP contribution in [-0.4, -0.2) is 30.0 Å². The van der Waals surface area contributed by atoms with E-state index in [2.05, 4.69) is 10.6 Å². The fourth-order valence-corrected chi connectivity index (χ4v) is 3.21. The molecule has 0 spiro atoms. The van der Waals surface area contributed by atoms with E-state index in [1.165, 1.54) is 6.07 Å². The van der Waals surface area contributed by atoms with Crippen molar-refractivity contribution in [2.45, 2.75) is 12.7 Å². The number of anilines is 1. The van der Waals surface area contributed by atoms with E-state index in [0.717, 1.165) is 5.75 Å². The van der Waals surface area contributed by atoms with Crippen molar-refractivity contribution >= 4 is 40.7 Å². The zero-order valence-electron chi connectivity index (χ0n) is 14.5. The third kappa shape index (κ3) is 6.65. The smallest absolute Gasteiger partial charge is 0.338 e. The lowest BCUT2D eigenvalue weighted by molar-refractivity contribution is 0.0526. The zero-order valence-corrected chi connectivity index (χ0v) is 16.1.